The summed E-state index contributed by atoms with van der Waals surface area (Å²) in [4.78, 5) is 56.6. The van der Waals surface area contributed by atoms with Crippen molar-refractivity contribution < 1.29 is 28.7 Å². The fourth-order valence-corrected chi connectivity index (χ4v) is 8.88. The van der Waals surface area contributed by atoms with Crippen LogP contribution in [-0.4, -0.2) is 59.1 Å². The van der Waals surface area contributed by atoms with Crippen LogP contribution in [-0.2, 0) is 28.7 Å². The fraction of sp³-hybridized carbons (Fsp3) is 0.562. The van der Waals surface area contributed by atoms with Gasteiger partial charge in [0.15, 0.2) is 16.3 Å². The van der Waals surface area contributed by atoms with Crippen LogP contribution in [0.1, 0.15) is 51.9 Å². The minimum Gasteiger partial charge on any atom is -0.461 e. The summed E-state index contributed by atoms with van der Waals surface area (Å²) in [7, 11) is 0. The van der Waals surface area contributed by atoms with Gasteiger partial charge in [0.05, 0.1) is 6.61 Å². The number of carbonyl (C=O) groups is 4. The first-order chi connectivity index (χ1) is 19.4. The van der Waals surface area contributed by atoms with Crippen LogP contribution in [0, 0.1) is 29.6 Å². The second kappa shape index (κ2) is 12.0. The van der Waals surface area contributed by atoms with E-state index in [0.29, 0.717) is 12.3 Å². The average molecular weight is 566 g/mol. The van der Waals surface area contributed by atoms with E-state index in [1.807, 2.05) is 30.3 Å². The molecule has 2 aliphatic carbocycles. The van der Waals surface area contributed by atoms with E-state index in [1.54, 1.807) is 4.90 Å². The predicted octanol–water partition coefficient (Wildman–Crippen LogP) is 5.00. The van der Waals surface area contributed by atoms with Gasteiger partial charge in [-0.05, 0) is 49.1 Å². The number of aldehydes is 1. The molecule has 40 heavy (non-hydrogen) atoms. The second-order valence-electron chi connectivity index (χ2n) is 11.5. The molecular formula is C32H39NO6S. The van der Waals surface area contributed by atoms with Gasteiger partial charge < -0.3 is 19.2 Å². The molecule has 2 heterocycles. The molecule has 2 saturated heterocycles. The Balaban J connectivity index is 1.59. The number of fused-ring (bicyclic) bond motifs is 2. The quantitative estimate of drug-likeness (QED) is 0.123. The van der Waals surface area contributed by atoms with Crippen molar-refractivity contribution in [2.24, 2.45) is 29.6 Å². The van der Waals surface area contributed by atoms with Crippen molar-refractivity contribution in [3.8, 4) is 0 Å². The van der Waals surface area contributed by atoms with Gasteiger partial charge in [0, 0.05) is 30.2 Å². The van der Waals surface area contributed by atoms with Crippen LogP contribution in [0.25, 0.3) is 0 Å². The summed E-state index contributed by atoms with van der Waals surface area (Å²) in [6, 6.07) is 9.54. The summed E-state index contributed by atoms with van der Waals surface area (Å²) in [6.45, 7) is 6.09. The third-order valence-electron chi connectivity index (χ3n) is 9.25. The molecule has 2 aliphatic heterocycles. The third kappa shape index (κ3) is 4.98. The van der Waals surface area contributed by atoms with E-state index < -0.39 is 22.4 Å². The predicted molar refractivity (Wildman–Crippen MR) is 152 cm³/mol. The summed E-state index contributed by atoms with van der Waals surface area (Å²) in [6.07, 6.45) is 11.5. The first-order valence-electron chi connectivity index (χ1n) is 14.5. The smallest absolute Gasteiger partial charge is 0.314 e. The van der Waals surface area contributed by atoms with Crippen molar-refractivity contribution in [2.75, 3.05) is 19.8 Å². The Morgan fingerprint density at radius 1 is 1.15 bits per heavy atom. The monoisotopic (exact) mass is 565 g/mol. The van der Waals surface area contributed by atoms with Crippen LogP contribution in [0.3, 0.4) is 0 Å². The minimum absolute atomic E-state index is 0.00336. The normalized spacial score (nSPS) is 34.7. The summed E-state index contributed by atoms with van der Waals surface area (Å²) in [5, 5.41) is 0. The third-order valence-corrected chi connectivity index (χ3v) is 10.6. The Hall–Kier alpha value is -2.71. The van der Waals surface area contributed by atoms with Crippen LogP contribution in [0.2, 0.25) is 0 Å². The van der Waals surface area contributed by atoms with E-state index in [0.717, 1.165) is 36.9 Å². The number of nitrogens with zero attached hydrogens (tertiary/aromatic N) is 1. The lowest BCUT2D eigenvalue weighted by Crippen LogP contribution is -2.51. The fourth-order valence-electron chi connectivity index (χ4n) is 7.48. The van der Waals surface area contributed by atoms with Crippen molar-refractivity contribution in [3.63, 3.8) is 0 Å². The lowest BCUT2D eigenvalue weighted by atomic mass is 9.62. The van der Waals surface area contributed by atoms with Crippen LogP contribution < -0.4 is 0 Å². The number of esters is 1. The van der Waals surface area contributed by atoms with Crippen molar-refractivity contribution >= 4 is 35.7 Å². The molecule has 0 bridgehead atoms. The Labute approximate surface area is 240 Å². The van der Waals surface area contributed by atoms with Gasteiger partial charge in [-0.3, -0.25) is 14.4 Å². The maximum absolute atomic E-state index is 15.0. The van der Waals surface area contributed by atoms with Crippen LogP contribution in [0.4, 0.5) is 0 Å². The zero-order valence-corrected chi connectivity index (χ0v) is 24.0. The number of hydrogen-bond donors (Lipinski definition) is 0. The SMILES string of the molecule is C=CCOC(=O)[C@@H]1CCN2C(=O)[C@](Sc3ccccc3)(C(=O)[C@@H]3[C@H]4CCCC[C@@H]4C=C[C@@H]3C)C[C@]12OCCC=O. The van der Waals surface area contributed by atoms with Crippen LogP contribution in [0.15, 0.2) is 60.0 Å². The zero-order chi connectivity index (χ0) is 28.3. The van der Waals surface area contributed by atoms with Gasteiger partial charge in [-0.25, -0.2) is 0 Å². The molecule has 0 aromatic heterocycles. The van der Waals surface area contributed by atoms with Gasteiger partial charge in [-0.2, -0.15) is 0 Å². The molecule has 7 atom stereocenters. The van der Waals surface area contributed by atoms with Gasteiger partial charge in [0.1, 0.15) is 18.8 Å². The molecule has 5 rings (SSSR count). The number of ketones is 1. The maximum atomic E-state index is 15.0. The Kier molecular flexibility index (Phi) is 8.66. The average Bonchev–Trinajstić information content (AvgIpc) is 3.44. The highest BCUT2D eigenvalue weighted by Gasteiger charge is 2.71. The highest BCUT2D eigenvalue weighted by atomic mass is 32.2. The van der Waals surface area contributed by atoms with Crippen molar-refractivity contribution in [1.82, 2.24) is 4.90 Å². The molecule has 0 unspecified atom stereocenters. The van der Waals surface area contributed by atoms with Crippen molar-refractivity contribution in [1.29, 1.82) is 0 Å². The molecule has 1 amide bonds. The van der Waals surface area contributed by atoms with E-state index >= 15 is 4.79 Å². The molecule has 3 fully saturated rings. The van der Waals surface area contributed by atoms with E-state index in [2.05, 4.69) is 25.7 Å². The maximum Gasteiger partial charge on any atom is 0.314 e. The summed E-state index contributed by atoms with van der Waals surface area (Å²) >= 11 is 1.29. The second-order valence-corrected chi connectivity index (χ2v) is 12.9. The lowest BCUT2D eigenvalue weighted by Gasteiger charge is -2.43. The number of benzene rings is 1. The van der Waals surface area contributed by atoms with Crippen molar-refractivity contribution in [2.45, 2.75) is 67.2 Å². The number of rotatable bonds is 11. The Morgan fingerprint density at radius 2 is 1.93 bits per heavy atom. The van der Waals surface area contributed by atoms with Gasteiger partial charge in [-0.1, -0.05) is 62.8 Å². The standard InChI is InChI=1S/C32H39NO6S/c1-3-19-38-29(36)26-16-17-33-30(37)31(40-24-11-5-4-6-12-24,21-32(26,33)39-20-9-18-34)28(35)27-22(2)14-15-23-10-7-8-13-25(23)27/h3-6,11-12,14-15,18,22-23,25-27H,1,7-10,13,16-17,19-21H2,2H3/t22-,23+,25-,26-,27-,31+,32-/m0/s1. The summed E-state index contributed by atoms with van der Waals surface area (Å²) < 4.78 is 10.4. The molecule has 0 radical (unpaired) electrons. The highest BCUT2D eigenvalue weighted by Crippen LogP contribution is 2.58. The van der Waals surface area contributed by atoms with E-state index in [9.17, 15) is 14.4 Å². The molecule has 4 aliphatic rings. The topological polar surface area (TPSA) is 90.0 Å². The number of allylic oxidation sites excluding steroid dienone is 2. The number of carbonyl (C=O) groups excluding carboxylic acids is 4. The lowest BCUT2D eigenvalue weighted by molar-refractivity contribution is -0.179. The van der Waals surface area contributed by atoms with Gasteiger partial charge >= 0.3 is 5.97 Å². The van der Waals surface area contributed by atoms with Crippen molar-refractivity contribution in [3.05, 3.63) is 55.1 Å². The summed E-state index contributed by atoms with van der Waals surface area (Å²) in [5.74, 6) is -1.36. The molecular weight excluding hydrogens is 526 g/mol. The summed E-state index contributed by atoms with van der Waals surface area (Å²) in [5.41, 5.74) is -1.35. The largest absolute Gasteiger partial charge is 0.461 e. The number of Topliss-reactive ketones (excluding diaryl/α,β-unsaturated/α-hetero) is 1. The minimum atomic E-state index is -1.45. The first-order valence-corrected chi connectivity index (χ1v) is 15.3. The number of amides is 1. The molecule has 1 aromatic rings. The molecule has 1 aromatic carbocycles. The number of hydrogen-bond acceptors (Lipinski definition) is 7. The van der Waals surface area contributed by atoms with E-state index in [1.165, 1.54) is 17.8 Å². The molecule has 8 heteroatoms. The highest BCUT2D eigenvalue weighted by molar-refractivity contribution is 8.02. The first kappa shape index (κ1) is 28.8. The Morgan fingerprint density at radius 3 is 2.67 bits per heavy atom. The molecule has 1 saturated carbocycles. The van der Waals surface area contributed by atoms with Gasteiger partial charge in [0.25, 0.3) is 0 Å². The van der Waals surface area contributed by atoms with E-state index in [-0.39, 0.29) is 62.0 Å². The number of thioether (sulfide) groups is 1. The van der Waals surface area contributed by atoms with Crippen LogP contribution >= 0.6 is 11.8 Å². The van der Waals surface area contributed by atoms with Gasteiger partial charge in [-0.15, -0.1) is 11.8 Å². The molecule has 7 nitrogen and oxygen atoms in total. The van der Waals surface area contributed by atoms with E-state index in [4.69, 9.17) is 9.47 Å². The Bertz CT molecular complexity index is 1170. The van der Waals surface area contributed by atoms with Gasteiger partial charge in [0.2, 0.25) is 5.91 Å². The molecule has 0 N–H and O–H groups in total. The molecule has 214 valence electrons. The molecule has 0 spiro atoms. The zero-order valence-electron chi connectivity index (χ0n) is 23.2. The van der Waals surface area contributed by atoms with Crippen LogP contribution in [0.5, 0.6) is 0 Å². The number of ether oxygens (including phenoxy) is 2.